The van der Waals surface area contributed by atoms with Gasteiger partial charge in [-0.05, 0) is 68.9 Å². The Hall–Kier alpha value is -2.11. The van der Waals surface area contributed by atoms with Crippen LogP contribution in [0.3, 0.4) is 0 Å². The second kappa shape index (κ2) is 10.2. The maximum absolute atomic E-state index is 13.6. The molecule has 0 atom stereocenters. The Balaban J connectivity index is 1.69. The lowest BCUT2D eigenvalue weighted by Crippen LogP contribution is -2.57. The molecule has 0 aromatic carbocycles. The van der Waals surface area contributed by atoms with Gasteiger partial charge in [-0.3, -0.25) is 9.59 Å². The van der Waals surface area contributed by atoms with E-state index in [1.54, 1.807) is 0 Å². The van der Waals surface area contributed by atoms with Gasteiger partial charge in [-0.1, -0.05) is 44.9 Å². The minimum atomic E-state index is -1.02. The molecule has 0 saturated heterocycles. The molecule has 3 aliphatic rings. The summed E-state index contributed by atoms with van der Waals surface area (Å²) in [4.78, 5) is 39.7. The Morgan fingerprint density at radius 1 is 1.00 bits per heavy atom. The molecule has 6 nitrogen and oxygen atoms in total. The SMILES string of the molecule is COC(=O)C1(NC(=O)c2cc3c(n(CC4CCCCC4)c2=O)CCCCC3)CCCCC1. The zero-order valence-electron chi connectivity index (χ0n) is 19.5. The number of rotatable bonds is 5. The van der Waals surface area contributed by atoms with Gasteiger partial charge in [0, 0.05) is 12.2 Å². The van der Waals surface area contributed by atoms with Crippen LogP contribution in [0.25, 0.3) is 0 Å². The molecule has 3 aliphatic carbocycles. The third-order valence-electron chi connectivity index (χ3n) is 7.90. The molecule has 176 valence electrons. The zero-order chi connectivity index (χ0) is 22.6. The standard InChI is InChI=1S/C26H38N2O4/c1-32-25(31)26(15-9-4-10-16-26)27-23(29)21-17-20-13-7-3-8-14-22(20)28(24(21)30)18-19-11-5-2-6-12-19/h17,19H,2-16,18H2,1H3,(H,27,29). The lowest BCUT2D eigenvalue weighted by molar-refractivity contribution is -0.149. The smallest absolute Gasteiger partial charge is 0.331 e. The van der Waals surface area contributed by atoms with Crippen molar-refractivity contribution in [1.29, 1.82) is 0 Å². The van der Waals surface area contributed by atoms with Crippen LogP contribution in [0.4, 0.5) is 0 Å². The Morgan fingerprint density at radius 3 is 2.38 bits per heavy atom. The van der Waals surface area contributed by atoms with E-state index >= 15 is 0 Å². The maximum Gasteiger partial charge on any atom is 0.331 e. The Kier molecular flexibility index (Phi) is 7.37. The van der Waals surface area contributed by atoms with E-state index in [9.17, 15) is 14.4 Å². The van der Waals surface area contributed by atoms with Gasteiger partial charge in [0.1, 0.15) is 11.1 Å². The van der Waals surface area contributed by atoms with Gasteiger partial charge in [0.2, 0.25) is 0 Å². The van der Waals surface area contributed by atoms with Crippen LogP contribution in [0.5, 0.6) is 0 Å². The normalized spacial score (nSPS) is 21.3. The van der Waals surface area contributed by atoms with Crippen molar-refractivity contribution in [2.24, 2.45) is 5.92 Å². The fourth-order valence-electron chi connectivity index (χ4n) is 6.06. The third-order valence-corrected chi connectivity index (χ3v) is 7.90. The number of amides is 1. The highest BCUT2D eigenvalue weighted by Crippen LogP contribution is 2.30. The predicted molar refractivity (Wildman–Crippen MR) is 124 cm³/mol. The summed E-state index contributed by atoms with van der Waals surface area (Å²) in [6, 6.07) is 1.82. The summed E-state index contributed by atoms with van der Waals surface area (Å²) in [5.74, 6) is -0.318. The minimum absolute atomic E-state index is 0.190. The van der Waals surface area contributed by atoms with Gasteiger partial charge in [-0.15, -0.1) is 0 Å². The largest absolute Gasteiger partial charge is 0.467 e. The monoisotopic (exact) mass is 442 g/mol. The van der Waals surface area contributed by atoms with E-state index in [-0.39, 0.29) is 11.1 Å². The van der Waals surface area contributed by atoms with Crippen LogP contribution < -0.4 is 10.9 Å². The molecule has 1 aromatic heterocycles. The van der Waals surface area contributed by atoms with Crippen LogP contribution in [0.15, 0.2) is 10.9 Å². The molecule has 0 spiro atoms. The number of aromatic nitrogens is 1. The van der Waals surface area contributed by atoms with E-state index < -0.39 is 17.4 Å². The number of hydrogen-bond acceptors (Lipinski definition) is 4. The van der Waals surface area contributed by atoms with Crippen molar-refractivity contribution in [3.8, 4) is 0 Å². The van der Waals surface area contributed by atoms with Crippen molar-refractivity contribution in [2.75, 3.05) is 7.11 Å². The summed E-state index contributed by atoms with van der Waals surface area (Å²) in [6.45, 7) is 0.713. The molecule has 2 fully saturated rings. The third kappa shape index (κ3) is 4.79. The van der Waals surface area contributed by atoms with E-state index in [4.69, 9.17) is 4.74 Å². The topological polar surface area (TPSA) is 77.4 Å². The average molecular weight is 443 g/mol. The van der Waals surface area contributed by atoms with Crippen molar-refractivity contribution in [2.45, 2.75) is 108 Å². The number of ether oxygens (including phenoxy) is 1. The molecule has 1 heterocycles. The first-order valence-electron chi connectivity index (χ1n) is 12.7. The van der Waals surface area contributed by atoms with Crippen LogP contribution in [0, 0.1) is 5.92 Å². The number of methoxy groups -OCH3 is 1. The number of nitrogens with zero attached hydrogens (tertiary/aromatic N) is 1. The molecule has 1 amide bonds. The highest BCUT2D eigenvalue weighted by Gasteiger charge is 2.42. The predicted octanol–water partition coefficient (Wildman–Crippen LogP) is 4.30. The maximum atomic E-state index is 13.6. The molecule has 4 rings (SSSR count). The first-order chi connectivity index (χ1) is 15.5. The Bertz CT molecular complexity index is 892. The van der Waals surface area contributed by atoms with Gasteiger partial charge < -0.3 is 14.6 Å². The molecule has 32 heavy (non-hydrogen) atoms. The van der Waals surface area contributed by atoms with Gasteiger partial charge in [0.15, 0.2) is 0 Å². The molecular formula is C26H38N2O4. The van der Waals surface area contributed by atoms with Crippen molar-refractivity contribution in [3.05, 3.63) is 33.2 Å². The zero-order valence-corrected chi connectivity index (χ0v) is 19.5. The summed E-state index contributed by atoms with van der Waals surface area (Å²) in [7, 11) is 1.37. The van der Waals surface area contributed by atoms with E-state index in [1.165, 1.54) is 26.4 Å². The van der Waals surface area contributed by atoms with E-state index in [1.807, 2.05) is 10.6 Å². The average Bonchev–Trinajstić information content (AvgIpc) is 3.07. The quantitative estimate of drug-likeness (QED) is 0.545. The number of fused-ring (bicyclic) bond motifs is 1. The number of nitrogens with one attached hydrogen (secondary N) is 1. The molecule has 6 heteroatoms. The first kappa shape index (κ1) is 23.1. The van der Waals surface area contributed by atoms with Crippen molar-refractivity contribution in [3.63, 3.8) is 0 Å². The number of carbonyl (C=O) groups excluding carboxylic acids is 2. The molecule has 2 saturated carbocycles. The van der Waals surface area contributed by atoms with Gasteiger partial charge >= 0.3 is 5.97 Å². The lowest BCUT2D eigenvalue weighted by Gasteiger charge is -2.35. The number of pyridine rings is 1. The summed E-state index contributed by atoms with van der Waals surface area (Å²) in [5, 5.41) is 2.97. The molecular weight excluding hydrogens is 404 g/mol. The van der Waals surface area contributed by atoms with Crippen LogP contribution in [-0.4, -0.2) is 29.1 Å². The molecule has 1 aromatic rings. The number of hydrogen-bond donors (Lipinski definition) is 1. The molecule has 0 radical (unpaired) electrons. The van der Waals surface area contributed by atoms with Crippen molar-refractivity contribution < 1.29 is 14.3 Å². The first-order valence-corrected chi connectivity index (χ1v) is 12.7. The van der Waals surface area contributed by atoms with Gasteiger partial charge in [-0.2, -0.15) is 0 Å². The van der Waals surface area contributed by atoms with E-state index in [2.05, 4.69) is 5.32 Å². The highest BCUT2D eigenvalue weighted by atomic mass is 16.5. The number of esters is 1. The highest BCUT2D eigenvalue weighted by molar-refractivity contribution is 5.98. The van der Waals surface area contributed by atoms with Gasteiger partial charge in [0.25, 0.3) is 11.5 Å². The molecule has 0 bridgehead atoms. The van der Waals surface area contributed by atoms with E-state index in [0.717, 1.165) is 75.5 Å². The number of aryl methyl sites for hydroxylation is 1. The fourth-order valence-corrected chi connectivity index (χ4v) is 6.06. The Morgan fingerprint density at radius 2 is 1.66 bits per heavy atom. The summed E-state index contributed by atoms with van der Waals surface area (Å²) < 4.78 is 6.98. The lowest BCUT2D eigenvalue weighted by atomic mass is 9.81. The Labute approximate surface area is 191 Å². The molecule has 1 N–H and O–H groups in total. The summed E-state index contributed by atoms with van der Waals surface area (Å²) >= 11 is 0. The van der Waals surface area contributed by atoms with E-state index in [0.29, 0.717) is 25.3 Å². The second-order valence-electron chi connectivity index (χ2n) is 10.1. The van der Waals surface area contributed by atoms with Gasteiger partial charge in [-0.25, -0.2) is 4.79 Å². The fraction of sp³-hybridized carbons (Fsp3) is 0.731. The molecule has 0 aliphatic heterocycles. The van der Waals surface area contributed by atoms with Crippen LogP contribution >= 0.6 is 0 Å². The van der Waals surface area contributed by atoms with Gasteiger partial charge in [0.05, 0.1) is 7.11 Å². The van der Waals surface area contributed by atoms with Crippen LogP contribution in [0.1, 0.15) is 105 Å². The number of carbonyl (C=O) groups is 2. The van der Waals surface area contributed by atoms with Crippen LogP contribution in [-0.2, 0) is 28.9 Å². The summed E-state index contributed by atoms with van der Waals surface area (Å²) in [5.41, 5.74) is 1.26. The summed E-state index contributed by atoms with van der Waals surface area (Å²) in [6.07, 6.45) is 15.1. The molecule has 0 unspecified atom stereocenters. The second-order valence-corrected chi connectivity index (χ2v) is 10.1. The minimum Gasteiger partial charge on any atom is -0.467 e. The van der Waals surface area contributed by atoms with Crippen molar-refractivity contribution in [1.82, 2.24) is 9.88 Å². The van der Waals surface area contributed by atoms with Crippen LogP contribution in [0.2, 0.25) is 0 Å². The van der Waals surface area contributed by atoms with Crippen molar-refractivity contribution >= 4 is 11.9 Å².